The smallest absolute Gasteiger partial charge is 0.337 e. The molecule has 2 aliphatic rings. The summed E-state index contributed by atoms with van der Waals surface area (Å²) < 4.78 is 15.5. The number of fused-ring (bicyclic) bond motifs is 1. The second kappa shape index (κ2) is 11.9. The van der Waals surface area contributed by atoms with Crippen LogP contribution in [0.2, 0.25) is 0 Å². The molecule has 192 valence electrons. The highest BCUT2D eigenvalue weighted by atomic mass is 32.1. The van der Waals surface area contributed by atoms with Gasteiger partial charge in [0.05, 0.1) is 29.9 Å². The van der Waals surface area contributed by atoms with E-state index in [1.54, 1.807) is 27.7 Å². The second-order valence-corrected chi connectivity index (χ2v) is 9.36. The van der Waals surface area contributed by atoms with Crippen LogP contribution in [0, 0.1) is 17.2 Å². The minimum Gasteiger partial charge on any atom is -0.463 e. The summed E-state index contributed by atoms with van der Waals surface area (Å²) in [4.78, 5) is 52.3. The Kier molecular flexibility index (Phi) is 8.88. The van der Waals surface area contributed by atoms with E-state index in [4.69, 9.17) is 14.2 Å². The van der Waals surface area contributed by atoms with Gasteiger partial charge in [0.15, 0.2) is 6.61 Å². The quantitative estimate of drug-likeness (QED) is 0.394. The molecule has 0 unspecified atom stereocenters. The lowest BCUT2D eigenvalue weighted by atomic mass is 9.85. The van der Waals surface area contributed by atoms with Crippen LogP contribution in [0.1, 0.15) is 56.5 Å². The van der Waals surface area contributed by atoms with Crippen molar-refractivity contribution < 1.29 is 33.4 Å². The van der Waals surface area contributed by atoms with E-state index in [1.165, 1.54) is 11.3 Å². The van der Waals surface area contributed by atoms with Crippen molar-refractivity contribution in [3.8, 4) is 6.07 Å². The highest BCUT2D eigenvalue weighted by Crippen LogP contribution is 2.37. The van der Waals surface area contributed by atoms with E-state index in [2.05, 4.69) is 16.7 Å². The van der Waals surface area contributed by atoms with E-state index in [-0.39, 0.29) is 24.4 Å². The van der Waals surface area contributed by atoms with Crippen molar-refractivity contribution in [2.75, 3.05) is 25.1 Å². The number of dihydropyridines is 1. The number of carbonyl (C=O) groups is 4. The molecule has 1 aliphatic heterocycles. The van der Waals surface area contributed by atoms with Gasteiger partial charge in [0.25, 0.3) is 5.91 Å². The fourth-order valence-electron chi connectivity index (χ4n) is 4.34. The first-order valence-electron chi connectivity index (χ1n) is 11.8. The number of rotatable bonds is 8. The zero-order chi connectivity index (χ0) is 26.4. The summed E-state index contributed by atoms with van der Waals surface area (Å²) >= 11 is 1.36. The third kappa shape index (κ3) is 5.60. The van der Waals surface area contributed by atoms with Crippen molar-refractivity contribution in [1.29, 1.82) is 5.26 Å². The molecule has 0 spiro atoms. The summed E-state index contributed by atoms with van der Waals surface area (Å²) in [6.07, 6.45) is 3.68. The standard InChI is InChI=1S/C25H29N3O7S/c1-5-33-23(30)19-13(3)27-14(4)20(24(31)34-6-2)21(19)25(32)35-12-18(29)28-22-16(11-26)15-9-7-8-10-17(15)36-22/h21,27H,5-10,12H2,1-4H3,(H,28,29). The van der Waals surface area contributed by atoms with Crippen molar-refractivity contribution in [2.24, 2.45) is 5.92 Å². The molecule has 0 saturated carbocycles. The second-order valence-electron chi connectivity index (χ2n) is 8.26. The molecule has 3 rings (SSSR count). The Hall–Kier alpha value is -3.65. The van der Waals surface area contributed by atoms with Gasteiger partial charge in [-0.2, -0.15) is 5.26 Å². The fourth-order valence-corrected chi connectivity index (χ4v) is 5.60. The first kappa shape index (κ1) is 26.9. The van der Waals surface area contributed by atoms with E-state index in [1.807, 2.05) is 0 Å². The van der Waals surface area contributed by atoms with Crippen molar-refractivity contribution in [3.63, 3.8) is 0 Å². The molecule has 0 atom stereocenters. The molecule has 0 radical (unpaired) electrons. The molecule has 2 heterocycles. The molecule has 1 aromatic rings. The predicted molar refractivity (Wildman–Crippen MR) is 131 cm³/mol. The molecule has 0 aromatic carbocycles. The Morgan fingerprint density at radius 2 is 1.58 bits per heavy atom. The van der Waals surface area contributed by atoms with Crippen LogP contribution in [-0.2, 0) is 46.2 Å². The van der Waals surface area contributed by atoms with Gasteiger partial charge in [-0.05, 0) is 58.9 Å². The molecule has 1 amide bonds. The molecule has 11 heteroatoms. The van der Waals surface area contributed by atoms with E-state index in [9.17, 15) is 24.4 Å². The Balaban J connectivity index is 1.80. The van der Waals surface area contributed by atoms with Crippen LogP contribution in [0.5, 0.6) is 0 Å². The lowest BCUT2D eigenvalue weighted by molar-refractivity contribution is -0.153. The number of hydrogen-bond donors (Lipinski definition) is 2. The number of amides is 1. The van der Waals surface area contributed by atoms with Crippen LogP contribution in [0.15, 0.2) is 22.5 Å². The maximum Gasteiger partial charge on any atom is 0.337 e. The van der Waals surface area contributed by atoms with Crippen LogP contribution in [0.25, 0.3) is 0 Å². The van der Waals surface area contributed by atoms with Gasteiger partial charge >= 0.3 is 17.9 Å². The monoisotopic (exact) mass is 515 g/mol. The van der Waals surface area contributed by atoms with E-state index in [0.717, 1.165) is 36.1 Å². The molecule has 0 saturated heterocycles. The zero-order valence-electron chi connectivity index (χ0n) is 20.7. The molecule has 0 bridgehead atoms. The van der Waals surface area contributed by atoms with Gasteiger partial charge in [-0.15, -0.1) is 11.3 Å². The predicted octanol–water partition coefficient (Wildman–Crippen LogP) is 2.87. The Bertz CT molecular complexity index is 1150. The fraction of sp³-hybridized carbons (Fsp3) is 0.480. The normalized spacial score (nSPS) is 15.4. The van der Waals surface area contributed by atoms with Crippen LogP contribution >= 0.6 is 11.3 Å². The number of nitriles is 1. The van der Waals surface area contributed by atoms with Crippen LogP contribution in [0.3, 0.4) is 0 Å². The summed E-state index contributed by atoms with van der Waals surface area (Å²) in [7, 11) is 0. The largest absolute Gasteiger partial charge is 0.463 e. The third-order valence-electron chi connectivity index (χ3n) is 5.87. The topological polar surface area (TPSA) is 144 Å². The Morgan fingerprint density at radius 1 is 1.00 bits per heavy atom. The summed E-state index contributed by atoms with van der Waals surface area (Å²) in [5.74, 6) is -4.61. The van der Waals surface area contributed by atoms with E-state index < -0.39 is 36.3 Å². The maximum atomic E-state index is 13.2. The first-order chi connectivity index (χ1) is 17.2. The van der Waals surface area contributed by atoms with Gasteiger partial charge in [0.2, 0.25) is 0 Å². The molecule has 0 fully saturated rings. The molecule has 2 N–H and O–H groups in total. The van der Waals surface area contributed by atoms with Crippen LogP contribution < -0.4 is 10.6 Å². The summed E-state index contributed by atoms with van der Waals surface area (Å²) in [5.41, 5.74) is 1.89. The lowest BCUT2D eigenvalue weighted by Crippen LogP contribution is -2.39. The number of anilines is 1. The van der Waals surface area contributed by atoms with Crippen molar-refractivity contribution in [1.82, 2.24) is 5.32 Å². The third-order valence-corrected chi connectivity index (χ3v) is 7.08. The first-order valence-corrected chi connectivity index (χ1v) is 12.6. The van der Waals surface area contributed by atoms with Gasteiger partial charge in [-0.25, -0.2) is 9.59 Å². The average Bonchev–Trinajstić information content (AvgIpc) is 3.18. The number of nitrogens with zero attached hydrogens (tertiary/aromatic N) is 1. The molecule has 10 nitrogen and oxygen atoms in total. The van der Waals surface area contributed by atoms with Crippen molar-refractivity contribution >= 4 is 40.2 Å². The lowest BCUT2D eigenvalue weighted by Gasteiger charge is -2.28. The minimum atomic E-state index is -1.43. The summed E-state index contributed by atoms with van der Waals surface area (Å²) in [6.45, 7) is 5.84. The number of nitrogens with one attached hydrogen (secondary N) is 2. The van der Waals surface area contributed by atoms with E-state index >= 15 is 0 Å². The minimum absolute atomic E-state index is 0.0588. The molecule has 1 aromatic heterocycles. The van der Waals surface area contributed by atoms with Crippen LogP contribution in [0.4, 0.5) is 5.00 Å². The zero-order valence-corrected chi connectivity index (χ0v) is 21.6. The van der Waals surface area contributed by atoms with Crippen LogP contribution in [-0.4, -0.2) is 43.6 Å². The number of esters is 3. The number of allylic oxidation sites excluding steroid dienone is 2. The van der Waals surface area contributed by atoms with Gasteiger partial charge in [-0.1, -0.05) is 0 Å². The number of hydrogen-bond acceptors (Lipinski definition) is 10. The summed E-state index contributed by atoms with van der Waals surface area (Å²) in [5, 5.41) is 15.6. The molecular formula is C25H29N3O7S. The van der Waals surface area contributed by atoms with Crippen molar-refractivity contribution in [3.05, 3.63) is 38.5 Å². The highest BCUT2D eigenvalue weighted by molar-refractivity contribution is 7.16. The van der Waals surface area contributed by atoms with Gasteiger partial charge in [0.1, 0.15) is 17.0 Å². The van der Waals surface area contributed by atoms with E-state index in [0.29, 0.717) is 22.0 Å². The number of thiophene rings is 1. The number of carbonyl (C=O) groups excluding carboxylic acids is 4. The summed E-state index contributed by atoms with van der Waals surface area (Å²) in [6, 6.07) is 2.16. The van der Waals surface area contributed by atoms with Crippen molar-refractivity contribution in [2.45, 2.75) is 53.4 Å². The molecular weight excluding hydrogens is 486 g/mol. The average molecular weight is 516 g/mol. The Morgan fingerprint density at radius 3 is 2.14 bits per heavy atom. The van der Waals surface area contributed by atoms with Gasteiger partial charge in [0, 0.05) is 16.3 Å². The number of ether oxygens (including phenoxy) is 3. The highest BCUT2D eigenvalue weighted by Gasteiger charge is 2.42. The number of aryl methyl sites for hydroxylation is 1. The van der Waals surface area contributed by atoms with Gasteiger partial charge < -0.3 is 24.8 Å². The SMILES string of the molecule is CCOC(=O)C1=C(C)NC(C)=C(C(=O)OCC)C1C(=O)OCC(=O)Nc1sc2c(c1C#N)CCCC2. The maximum absolute atomic E-state index is 13.2. The Labute approximate surface area is 213 Å². The molecule has 36 heavy (non-hydrogen) atoms. The van der Waals surface area contributed by atoms with Gasteiger partial charge in [-0.3, -0.25) is 9.59 Å². The molecule has 1 aliphatic carbocycles.